The Balaban J connectivity index is 1.90. The van der Waals surface area contributed by atoms with Crippen LogP contribution in [0.5, 0.6) is 11.5 Å². The zero-order valence-electron chi connectivity index (χ0n) is 19.0. The molecule has 0 aliphatic carbocycles. The van der Waals surface area contributed by atoms with Crippen LogP contribution in [0.1, 0.15) is 0 Å². The first-order chi connectivity index (χ1) is 16.7. The maximum atomic E-state index is 14.1. The van der Waals surface area contributed by atoms with Crippen LogP contribution in [-0.4, -0.2) is 23.4 Å². The van der Waals surface area contributed by atoms with Gasteiger partial charge >= 0.3 is 5.69 Å². The Hall–Kier alpha value is -4.51. The molecule has 34 heavy (non-hydrogen) atoms. The number of hydrogen-bond donors (Lipinski definition) is 0. The van der Waals surface area contributed by atoms with Crippen molar-refractivity contribution < 1.29 is 9.47 Å². The van der Waals surface area contributed by atoms with Crippen molar-refractivity contribution in [1.29, 1.82) is 0 Å². The number of hydrogen-bond acceptors (Lipinski definition) is 3. The maximum Gasteiger partial charge on any atom is 0.338 e. The first kappa shape index (κ1) is 21.3. The highest BCUT2D eigenvalue weighted by atomic mass is 16.5. The summed E-state index contributed by atoms with van der Waals surface area (Å²) in [7, 11) is 3.28. The number of aromatic nitrogens is 2. The Kier molecular flexibility index (Phi) is 5.75. The minimum absolute atomic E-state index is 0.144. The SMILES string of the molecule is COc1ccc(-c2c(-c3ccc(OC)cc3)n(-c3ccccc3)c(=O)n2-c2ccccc2)cc1. The monoisotopic (exact) mass is 448 g/mol. The van der Waals surface area contributed by atoms with E-state index in [1.54, 1.807) is 23.4 Å². The molecule has 0 aliphatic heterocycles. The van der Waals surface area contributed by atoms with Crippen LogP contribution in [0.4, 0.5) is 0 Å². The molecule has 0 saturated carbocycles. The van der Waals surface area contributed by atoms with E-state index in [-0.39, 0.29) is 5.69 Å². The molecule has 0 atom stereocenters. The molecule has 5 rings (SSSR count). The Labute approximate surface area is 198 Å². The van der Waals surface area contributed by atoms with Crippen LogP contribution in [0.3, 0.4) is 0 Å². The summed E-state index contributed by atoms with van der Waals surface area (Å²) in [4.78, 5) is 14.1. The van der Waals surface area contributed by atoms with E-state index in [0.29, 0.717) is 0 Å². The highest BCUT2D eigenvalue weighted by molar-refractivity contribution is 5.82. The normalized spacial score (nSPS) is 10.8. The largest absolute Gasteiger partial charge is 0.497 e. The van der Waals surface area contributed by atoms with E-state index in [4.69, 9.17) is 9.47 Å². The van der Waals surface area contributed by atoms with Gasteiger partial charge in [0.05, 0.1) is 37.0 Å². The van der Waals surface area contributed by atoms with Crippen molar-refractivity contribution >= 4 is 0 Å². The zero-order valence-corrected chi connectivity index (χ0v) is 19.0. The molecular formula is C29H24N2O3. The van der Waals surface area contributed by atoms with Gasteiger partial charge in [0, 0.05) is 11.1 Å². The fraction of sp³-hybridized carbons (Fsp3) is 0.0690. The summed E-state index contributed by atoms with van der Waals surface area (Å²) < 4.78 is 14.3. The molecule has 0 bridgehead atoms. The second kappa shape index (κ2) is 9.16. The quantitative estimate of drug-likeness (QED) is 0.321. The van der Waals surface area contributed by atoms with Crippen molar-refractivity contribution in [2.75, 3.05) is 14.2 Å². The minimum atomic E-state index is -0.144. The smallest absolute Gasteiger partial charge is 0.338 e. The van der Waals surface area contributed by atoms with Crippen molar-refractivity contribution in [3.8, 4) is 45.4 Å². The Bertz CT molecular complexity index is 1340. The lowest BCUT2D eigenvalue weighted by Gasteiger charge is -2.13. The zero-order chi connectivity index (χ0) is 23.5. The van der Waals surface area contributed by atoms with Gasteiger partial charge in [0.1, 0.15) is 11.5 Å². The summed E-state index contributed by atoms with van der Waals surface area (Å²) >= 11 is 0. The molecule has 4 aromatic carbocycles. The molecular weight excluding hydrogens is 424 g/mol. The summed E-state index contributed by atoms with van der Waals surface area (Å²) in [6, 6.07) is 35.0. The third-order valence-electron chi connectivity index (χ3n) is 5.81. The second-order valence-corrected chi connectivity index (χ2v) is 7.78. The number of nitrogens with zero attached hydrogens (tertiary/aromatic N) is 2. The average Bonchev–Trinajstić information content (AvgIpc) is 3.22. The molecule has 0 fully saturated rings. The lowest BCUT2D eigenvalue weighted by Crippen LogP contribution is -2.22. The van der Waals surface area contributed by atoms with E-state index in [1.807, 2.05) is 109 Å². The van der Waals surface area contributed by atoms with E-state index >= 15 is 0 Å². The first-order valence-corrected chi connectivity index (χ1v) is 11.0. The molecule has 0 amide bonds. The molecule has 1 heterocycles. The van der Waals surface area contributed by atoms with Crippen molar-refractivity contribution in [2.24, 2.45) is 0 Å². The van der Waals surface area contributed by atoms with Gasteiger partial charge in [0.2, 0.25) is 0 Å². The third kappa shape index (κ3) is 3.77. The Morgan fingerprint density at radius 1 is 0.500 bits per heavy atom. The van der Waals surface area contributed by atoms with Gasteiger partial charge in [-0.1, -0.05) is 36.4 Å². The second-order valence-electron chi connectivity index (χ2n) is 7.78. The highest BCUT2D eigenvalue weighted by Gasteiger charge is 2.24. The maximum absolute atomic E-state index is 14.1. The summed E-state index contributed by atoms with van der Waals surface area (Å²) in [5.74, 6) is 1.51. The van der Waals surface area contributed by atoms with Crippen LogP contribution in [0.25, 0.3) is 33.9 Å². The van der Waals surface area contributed by atoms with E-state index < -0.39 is 0 Å². The standard InChI is InChI=1S/C29H24N2O3/c1-33-25-17-13-21(14-18-25)27-28(22-15-19-26(34-2)20-16-22)31(24-11-7-4-8-12-24)29(32)30(27)23-9-5-3-6-10-23/h3-20H,1-2H3. The highest BCUT2D eigenvalue weighted by Crippen LogP contribution is 2.36. The molecule has 5 nitrogen and oxygen atoms in total. The number of benzene rings is 4. The lowest BCUT2D eigenvalue weighted by atomic mass is 10.0. The van der Waals surface area contributed by atoms with Gasteiger partial charge in [-0.15, -0.1) is 0 Å². The number of para-hydroxylation sites is 2. The molecule has 168 valence electrons. The third-order valence-corrected chi connectivity index (χ3v) is 5.81. The fourth-order valence-electron chi connectivity index (χ4n) is 4.17. The fourth-order valence-corrected chi connectivity index (χ4v) is 4.17. The molecule has 0 radical (unpaired) electrons. The summed E-state index contributed by atoms with van der Waals surface area (Å²) in [6.07, 6.45) is 0. The molecule has 0 aliphatic rings. The van der Waals surface area contributed by atoms with Crippen molar-refractivity contribution in [1.82, 2.24) is 9.13 Å². The topological polar surface area (TPSA) is 45.4 Å². The van der Waals surface area contributed by atoms with E-state index in [1.165, 1.54) is 0 Å². The van der Waals surface area contributed by atoms with Gasteiger partial charge in [-0.05, 0) is 72.8 Å². The molecule has 0 spiro atoms. The molecule has 5 aromatic rings. The van der Waals surface area contributed by atoms with Crippen LogP contribution in [0.15, 0.2) is 114 Å². The number of rotatable bonds is 6. The van der Waals surface area contributed by atoms with E-state index in [0.717, 1.165) is 45.4 Å². The van der Waals surface area contributed by atoms with Gasteiger partial charge < -0.3 is 9.47 Å². The average molecular weight is 449 g/mol. The van der Waals surface area contributed by atoms with Gasteiger partial charge in [-0.2, -0.15) is 0 Å². The number of ether oxygens (including phenoxy) is 2. The number of methoxy groups -OCH3 is 2. The van der Waals surface area contributed by atoms with Gasteiger partial charge in [-0.3, -0.25) is 9.13 Å². The van der Waals surface area contributed by atoms with Crippen LogP contribution in [0, 0.1) is 0 Å². The Morgan fingerprint density at radius 2 is 0.853 bits per heavy atom. The van der Waals surface area contributed by atoms with Crippen LogP contribution < -0.4 is 15.2 Å². The van der Waals surface area contributed by atoms with Crippen LogP contribution in [-0.2, 0) is 0 Å². The van der Waals surface area contributed by atoms with E-state index in [9.17, 15) is 4.79 Å². The summed E-state index contributed by atoms with van der Waals surface area (Å²) in [6.45, 7) is 0. The molecule has 0 unspecified atom stereocenters. The molecule has 0 saturated heterocycles. The first-order valence-electron chi connectivity index (χ1n) is 11.0. The van der Waals surface area contributed by atoms with E-state index in [2.05, 4.69) is 0 Å². The number of imidazole rings is 1. The molecule has 5 heteroatoms. The van der Waals surface area contributed by atoms with Crippen molar-refractivity contribution in [3.05, 3.63) is 120 Å². The van der Waals surface area contributed by atoms with Crippen molar-refractivity contribution in [3.63, 3.8) is 0 Å². The Morgan fingerprint density at radius 3 is 1.18 bits per heavy atom. The lowest BCUT2D eigenvalue weighted by molar-refractivity contribution is 0.414. The summed E-state index contributed by atoms with van der Waals surface area (Å²) in [5.41, 5.74) is 4.85. The predicted molar refractivity (Wildman–Crippen MR) is 135 cm³/mol. The van der Waals surface area contributed by atoms with Gasteiger partial charge in [-0.25, -0.2) is 4.79 Å². The summed E-state index contributed by atoms with van der Waals surface area (Å²) in [5, 5.41) is 0. The van der Waals surface area contributed by atoms with Crippen LogP contribution >= 0.6 is 0 Å². The predicted octanol–water partition coefficient (Wildman–Crippen LogP) is 5.98. The van der Waals surface area contributed by atoms with Crippen molar-refractivity contribution in [2.45, 2.75) is 0 Å². The van der Waals surface area contributed by atoms with Crippen LogP contribution in [0.2, 0.25) is 0 Å². The minimum Gasteiger partial charge on any atom is -0.497 e. The molecule has 0 N–H and O–H groups in total. The molecule has 1 aromatic heterocycles. The van der Waals surface area contributed by atoms with Gasteiger partial charge in [0.15, 0.2) is 0 Å². The van der Waals surface area contributed by atoms with Gasteiger partial charge in [0.25, 0.3) is 0 Å².